The number of hydrogen-bond donors (Lipinski definition) is 2. The van der Waals surface area contributed by atoms with Crippen molar-refractivity contribution in [1.82, 2.24) is 4.98 Å². The Labute approximate surface area is 94.9 Å². The van der Waals surface area contributed by atoms with E-state index in [1.165, 1.54) is 0 Å². The van der Waals surface area contributed by atoms with E-state index in [1.807, 2.05) is 20.8 Å². The predicted octanol–water partition coefficient (Wildman–Crippen LogP) is 1.58. The zero-order valence-electron chi connectivity index (χ0n) is 9.98. The standard InChI is InChI=1S/C11H17N3O2/c1-6(2)16-9-5-7(3)13-8(4)10(9)11(12)14-15/h5-6,15H,1-4H3,(H2,12,14). The predicted molar refractivity (Wildman–Crippen MR) is 62.0 cm³/mol. The van der Waals surface area contributed by atoms with E-state index in [0.717, 1.165) is 5.69 Å². The van der Waals surface area contributed by atoms with Crippen molar-refractivity contribution in [2.45, 2.75) is 33.8 Å². The summed E-state index contributed by atoms with van der Waals surface area (Å²) in [6, 6.07) is 1.78. The fourth-order valence-corrected chi connectivity index (χ4v) is 1.50. The molecule has 1 rings (SSSR count). The Bertz CT molecular complexity index is 414. The third kappa shape index (κ3) is 2.62. The molecule has 0 unspecified atom stereocenters. The Balaban J connectivity index is 3.32. The van der Waals surface area contributed by atoms with Gasteiger partial charge >= 0.3 is 0 Å². The van der Waals surface area contributed by atoms with Crippen molar-refractivity contribution in [3.05, 3.63) is 23.0 Å². The van der Waals surface area contributed by atoms with Crippen molar-refractivity contribution in [1.29, 1.82) is 0 Å². The Morgan fingerprint density at radius 1 is 1.50 bits per heavy atom. The largest absolute Gasteiger partial charge is 0.490 e. The van der Waals surface area contributed by atoms with E-state index in [2.05, 4.69) is 10.1 Å². The SMILES string of the molecule is Cc1cc(OC(C)C)c(/C(N)=N/O)c(C)n1. The lowest BCUT2D eigenvalue weighted by Crippen LogP contribution is -2.19. The van der Waals surface area contributed by atoms with Crippen LogP contribution in [0.4, 0.5) is 0 Å². The molecule has 16 heavy (non-hydrogen) atoms. The second-order valence-corrected chi connectivity index (χ2v) is 3.87. The van der Waals surface area contributed by atoms with Gasteiger partial charge in [0.15, 0.2) is 5.84 Å². The molecule has 88 valence electrons. The number of aromatic nitrogens is 1. The van der Waals surface area contributed by atoms with Gasteiger partial charge in [-0.1, -0.05) is 5.16 Å². The van der Waals surface area contributed by atoms with Gasteiger partial charge in [-0.2, -0.15) is 0 Å². The first-order valence-corrected chi connectivity index (χ1v) is 5.08. The Hall–Kier alpha value is -1.78. The number of oxime groups is 1. The lowest BCUT2D eigenvalue weighted by atomic mass is 10.1. The van der Waals surface area contributed by atoms with Crippen LogP contribution in [-0.4, -0.2) is 22.1 Å². The summed E-state index contributed by atoms with van der Waals surface area (Å²) in [7, 11) is 0. The van der Waals surface area contributed by atoms with Gasteiger partial charge in [-0.15, -0.1) is 0 Å². The minimum absolute atomic E-state index is 0.0145. The topological polar surface area (TPSA) is 80.7 Å². The number of aryl methyl sites for hydroxylation is 2. The van der Waals surface area contributed by atoms with Gasteiger partial charge in [0.1, 0.15) is 5.75 Å². The van der Waals surface area contributed by atoms with Crippen LogP contribution in [0.15, 0.2) is 11.2 Å². The maximum absolute atomic E-state index is 8.72. The van der Waals surface area contributed by atoms with Crippen LogP contribution >= 0.6 is 0 Å². The van der Waals surface area contributed by atoms with Crippen LogP contribution in [0.1, 0.15) is 30.8 Å². The molecule has 0 aliphatic rings. The van der Waals surface area contributed by atoms with Gasteiger partial charge in [-0.25, -0.2) is 0 Å². The highest BCUT2D eigenvalue weighted by atomic mass is 16.5. The lowest BCUT2D eigenvalue weighted by molar-refractivity contribution is 0.241. The van der Waals surface area contributed by atoms with Crippen LogP contribution in [0.2, 0.25) is 0 Å². The van der Waals surface area contributed by atoms with Crippen molar-refractivity contribution in [2.75, 3.05) is 0 Å². The third-order valence-corrected chi connectivity index (χ3v) is 2.02. The van der Waals surface area contributed by atoms with E-state index >= 15 is 0 Å². The summed E-state index contributed by atoms with van der Waals surface area (Å²) in [5.74, 6) is 0.607. The molecule has 0 aliphatic carbocycles. The second kappa shape index (κ2) is 4.83. The summed E-state index contributed by atoms with van der Waals surface area (Å²) < 4.78 is 5.62. The fraction of sp³-hybridized carbons (Fsp3) is 0.455. The van der Waals surface area contributed by atoms with Crippen molar-refractivity contribution in [3.63, 3.8) is 0 Å². The van der Waals surface area contributed by atoms with Crippen molar-refractivity contribution in [2.24, 2.45) is 10.9 Å². The maximum atomic E-state index is 8.72. The summed E-state index contributed by atoms with van der Waals surface area (Å²) in [5, 5.41) is 11.7. The molecule has 0 amide bonds. The summed E-state index contributed by atoms with van der Waals surface area (Å²) in [5.41, 5.74) is 7.67. The minimum atomic E-state index is 0.0145. The number of hydrogen-bond acceptors (Lipinski definition) is 4. The Kier molecular flexibility index (Phi) is 3.71. The first-order valence-electron chi connectivity index (χ1n) is 5.08. The number of nitrogens with zero attached hydrogens (tertiary/aromatic N) is 2. The quantitative estimate of drug-likeness (QED) is 0.353. The van der Waals surface area contributed by atoms with Crippen molar-refractivity contribution >= 4 is 5.84 Å². The number of ether oxygens (including phenoxy) is 1. The number of rotatable bonds is 3. The Morgan fingerprint density at radius 2 is 2.12 bits per heavy atom. The first kappa shape index (κ1) is 12.3. The number of amidine groups is 1. The van der Waals surface area contributed by atoms with Gasteiger partial charge in [0.25, 0.3) is 0 Å². The normalized spacial score (nSPS) is 11.9. The molecular formula is C11H17N3O2. The minimum Gasteiger partial charge on any atom is -0.490 e. The molecule has 1 heterocycles. The molecule has 0 atom stereocenters. The van der Waals surface area contributed by atoms with Crippen molar-refractivity contribution < 1.29 is 9.94 Å². The zero-order chi connectivity index (χ0) is 12.3. The van der Waals surface area contributed by atoms with Crippen LogP contribution < -0.4 is 10.5 Å². The maximum Gasteiger partial charge on any atom is 0.175 e. The monoisotopic (exact) mass is 223 g/mol. The second-order valence-electron chi connectivity index (χ2n) is 3.87. The number of nitrogens with two attached hydrogens (primary N) is 1. The molecule has 0 saturated heterocycles. The molecule has 0 bridgehead atoms. The molecule has 5 nitrogen and oxygen atoms in total. The van der Waals surface area contributed by atoms with Gasteiger partial charge in [0.05, 0.1) is 17.4 Å². The highest BCUT2D eigenvalue weighted by Gasteiger charge is 2.14. The average molecular weight is 223 g/mol. The molecule has 0 saturated carbocycles. The molecule has 0 radical (unpaired) electrons. The smallest absolute Gasteiger partial charge is 0.175 e. The molecule has 5 heteroatoms. The van der Waals surface area contributed by atoms with E-state index in [9.17, 15) is 0 Å². The summed E-state index contributed by atoms with van der Waals surface area (Å²) >= 11 is 0. The molecular weight excluding hydrogens is 206 g/mol. The van der Waals surface area contributed by atoms with Crippen LogP contribution in [0.3, 0.4) is 0 Å². The van der Waals surface area contributed by atoms with E-state index in [4.69, 9.17) is 15.7 Å². The zero-order valence-corrected chi connectivity index (χ0v) is 9.98. The first-order chi connectivity index (χ1) is 7.45. The number of pyridine rings is 1. The highest BCUT2D eigenvalue weighted by molar-refractivity contribution is 6.00. The average Bonchev–Trinajstić information content (AvgIpc) is 2.14. The Morgan fingerprint density at radius 3 is 2.62 bits per heavy atom. The highest BCUT2D eigenvalue weighted by Crippen LogP contribution is 2.23. The van der Waals surface area contributed by atoms with Crippen LogP contribution in [0.5, 0.6) is 5.75 Å². The van der Waals surface area contributed by atoms with Crippen LogP contribution in [-0.2, 0) is 0 Å². The van der Waals surface area contributed by atoms with E-state index in [-0.39, 0.29) is 11.9 Å². The third-order valence-electron chi connectivity index (χ3n) is 2.02. The molecule has 0 aromatic carbocycles. The van der Waals surface area contributed by atoms with Gasteiger partial charge in [-0.3, -0.25) is 4.98 Å². The van der Waals surface area contributed by atoms with Crippen LogP contribution in [0.25, 0.3) is 0 Å². The summed E-state index contributed by atoms with van der Waals surface area (Å²) in [4.78, 5) is 4.26. The summed E-state index contributed by atoms with van der Waals surface area (Å²) in [6.45, 7) is 7.51. The van der Waals surface area contributed by atoms with E-state index in [0.29, 0.717) is 17.0 Å². The molecule has 1 aromatic rings. The summed E-state index contributed by atoms with van der Waals surface area (Å²) in [6.07, 6.45) is 0.0199. The van der Waals surface area contributed by atoms with Gasteiger partial charge in [-0.05, 0) is 27.7 Å². The molecule has 3 N–H and O–H groups in total. The lowest BCUT2D eigenvalue weighted by Gasteiger charge is -2.15. The van der Waals surface area contributed by atoms with Gasteiger partial charge < -0.3 is 15.7 Å². The van der Waals surface area contributed by atoms with Gasteiger partial charge in [0, 0.05) is 11.8 Å². The molecule has 0 spiro atoms. The fourth-order valence-electron chi connectivity index (χ4n) is 1.50. The van der Waals surface area contributed by atoms with E-state index in [1.54, 1.807) is 13.0 Å². The van der Waals surface area contributed by atoms with Gasteiger partial charge in [0.2, 0.25) is 0 Å². The molecule has 0 fully saturated rings. The molecule has 1 aromatic heterocycles. The van der Waals surface area contributed by atoms with Crippen molar-refractivity contribution in [3.8, 4) is 5.75 Å². The van der Waals surface area contributed by atoms with E-state index < -0.39 is 0 Å². The van der Waals surface area contributed by atoms with Crippen LogP contribution in [0, 0.1) is 13.8 Å². The molecule has 0 aliphatic heterocycles.